The average molecular weight is 275 g/mol. The average Bonchev–Trinajstić information content (AvgIpc) is 3.03. The molecule has 0 amide bonds. The van der Waals surface area contributed by atoms with Crippen LogP contribution in [0.3, 0.4) is 0 Å². The first-order valence-electron chi connectivity index (χ1n) is 6.97. The molecule has 0 spiro atoms. The monoisotopic (exact) mass is 274 g/mol. The van der Waals surface area contributed by atoms with Crippen molar-refractivity contribution in [1.29, 1.82) is 0 Å². The summed E-state index contributed by atoms with van der Waals surface area (Å²) in [5, 5.41) is 5.57. The number of allylic oxidation sites excluding steroid dienone is 1. The Morgan fingerprint density at radius 1 is 1.32 bits per heavy atom. The third-order valence-electron chi connectivity index (χ3n) is 3.80. The van der Waals surface area contributed by atoms with Crippen molar-refractivity contribution in [2.75, 3.05) is 6.54 Å². The summed E-state index contributed by atoms with van der Waals surface area (Å²) in [6, 6.07) is 6.01. The number of H-pyrrole nitrogens is 1. The van der Waals surface area contributed by atoms with E-state index in [-0.39, 0.29) is 0 Å². The largest absolute Gasteiger partial charge is 0.361 e. The Kier molecular flexibility index (Phi) is 3.90. The molecule has 0 fully saturated rings. The Balaban J connectivity index is 1.56. The van der Waals surface area contributed by atoms with Gasteiger partial charge in [-0.05, 0) is 49.9 Å². The molecule has 1 aliphatic rings. The van der Waals surface area contributed by atoms with Crippen molar-refractivity contribution in [2.24, 2.45) is 0 Å². The number of aromatic amines is 1. The number of rotatable bonds is 5. The molecule has 1 aliphatic carbocycles. The van der Waals surface area contributed by atoms with E-state index in [0.29, 0.717) is 0 Å². The Morgan fingerprint density at radius 3 is 3.11 bits per heavy atom. The smallest absolute Gasteiger partial charge is 0.0472 e. The summed E-state index contributed by atoms with van der Waals surface area (Å²) in [5.74, 6) is 0. The third kappa shape index (κ3) is 3.02. The second kappa shape index (κ2) is 5.81. The highest BCUT2D eigenvalue weighted by molar-refractivity contribution is 6.31. The van der Waals surface area contributed by atoms with Crippen LogP contribution in [0.25, 0.3) is 10.9 Å². The highest BCUT2D eigenvalue weighted by Gasteiger charge is 2.05. The fourth-order valence-electron chi connectivity index (χ4n) is 2.74. The minimum Gasteiger partial charge on any atom is -0.361 e. The van der Waals surface area contributed by atoms with Gasteiger partial charge in [-0.25, -0.2) is 0 Å². The van der Waals surface area contributed by atoms with Crippen LogP contribution < -0.4 is 5.32 Å². The molecule has 19 heavy (non-hydrogen) atoms. The lowest BCUT2D eigenvalue weighted by Gasteiger charge is -2.05. The summed E-state index contributed by atoms with van der Waals surface area (Å²) in [6.45, 7) is 1.97. The van der Waals surface area contributed by atoms with Crippen LogP contribution in [0, 0.1) is 0 Å². The molecule has 0 bridgehead atoms. The molecule has 2 nitrogen and oxygen atoms in total. The number of hydrogen-bond donors (Lipinski definition) is 2. The molecule has 0 unspecified atom stereocenters. The number of aromatic nitrogens is 1. The molecular weight excluding hydrogens is 256 g/mol. The summed E-state index contributed by atoms with van der Waals surface area (Å²) < 4.78 is 0. The maximum absolute atomic E-state index is 5.99. The van der Waals surface area contributed by atoms with E-state index in [1.807, 2.05) is 12.1 Å². The predicted molar refractivity (Wildman–Crippen MR) is 81.6 cm³/mol. The van der Waals surface area contributed by atoms with E-state index < -0.39 is 0 Å². The van der Waals surface area contributed by atoms with Gasteiger partial charge in [-0.1, -0.05) is 29.3 Å². The molecule has 3 rings (SSSR count). The summed E-state index contributed by atoms with van der Waals surface area (Å²) >= 11 is 5.99. The lowest BCUT2D eigenvalue weighted by molar-refractivity contribution is 0.678. The zero-order chi connectivity index (χ0) is 13.1. The summed E-state index contributed by atoms with van der Waals surface area (Å²) in [6.07, 6.45) is 9.58. The molecule has 1 heterocycles. The highest BCUT2D eigenvalue weighted by Crippen LogP contribution is 2.22. The zero-order valence-corrected chi connectivity index (χ0v) is 11.8. The van der Waals surface area contributed by atoms with Crippen molar-refractivity contribution in [1.82, 2.24) is 10.3 Å². The number of nitrogens with one attached hydrogen (secondary N) is 2. The van der Waals surface area contributed by atoms with Crippen molar-refractivity contribution in [3.63, 3.8) is 0 Å². The molecule has 0 radical (unpaired) electrons. The van der Waals surface area contributed by atoms with Crippen LogP contribution in [-0.4, -0.2) is 11.5 Å². The molecule has 100 valence electrons. The topological polar surface area (TPSA) is 27.8 Å². The van der Waals surface area contributed by atoms with Gasteiger partial charge in [0.05, 0.1) is 0 Å². The summed E-state index contributed by atoms with van der Waals surface area (Å²) in [4.78, 5) is 3.28. The molecule has 0 saturated carbocycles. The number of hydrogen-bond acceptors (Lipinski definition) is 1. The minimum absolute atomic E-state index is 0.780. The van der Waals surface area contributed by atoms with Crippen molar-refractivity contribution < 1.29 is 0 Å². The third-order valence-corrected chi connectivity index (χ3v) is 4.04. The molecular formula is C16H19ClN2. The highest BCUT2D eigenvalue weighted by atomic mass is 35.5. The van der Waals surface area contributed by atoms with E-state index in [2.05, 4.69) is 28.6 Å². The lowest BCUT2D eigenvalue weighted by atomic mass is 10.1. The van der Waals surface area contributed by atoms with Crippen molar-refractivity contribution in [2.45, 2.75) is 32.2 Å². The van der Waals surface area contributed by atoms with Crippen LogP contribution in [0.4, 0.5) is 0 Å². The molecule has 2 N–H and O–H groups in total. The molecule has 3 heteroatoms. The maximum Gasteiger partial charge on any atom is 0.0472 e. The molecule has 0 atom stereocenters. The quantitative estimate of drug-likeness (QED) is 0.613. The van der Waals surface area contributed by atoms with Crippen molar-refractivity contribution >= 4 is 22.5 Å². The van der Waals surface area contributed by atoms with Gasteiger partial charge in [0, 0.05) is 28.7 Å². The maximum atomic E-state index is 5.99. The Morgan fingerprint density at radius 2 is 2.26 bits per heavy atom. The first-order chi connectivity index (χ1) is 9.33. The molecule has 0 saturated heterocycles. The molecule has 0 aliphatic heterocycles. The second-order valence-corrected chi connectivity index (χ2v) is 5.62. The summed E-state index contributed by atoms with van der Waals surface area (Å²) in [7, 11) is 0. The fraction of sp³-hybridized carbons (Fsp3) is 0.375. The van der Waals surface area contributed by atoms with Crippen LogP contribution in [0.2, 0.25) is 5.02 Å². The first kappa shape index (κ1) is 12.8. The van der Waals surface area contributed by atoms with E-state index in [0.717, 1.165) is 23.6 Å². The van der Waals surface area contributed by atoms with Gasteiger partial charge < -0.3 is 10.3 Å². The standard InChI is InChI=1S/C16H19ClN2/c17-14-5-6-15-13(11-19-16(15)9-14)10-18-8-7-12-3-1-2-4-12/h3,5-6,9,11,18-19H,1-2,4,7-8,10H2. The van der Waals surface area contributed by atoms with E-state index in [4.69, 9.17) is 11.6 Å². The SMILES string of the molecule is Clc1ccc2c(CNCCC3=CCCC3)c[nH]c2c1. The number of fused-ring (bicyclic) bond motifs is 1. The first-order valence-corrected chi connectivity index (χ1v) is 7.35. The van der Waals surface area contributed by atoms with Crippen LogP contribution in [0.5, 0.6) is 0 Å². The van der Waals surface area contributed by atoms with E-state index in [1.165, 1.54) is 36.6 Å². The van der Waals surface area contributed by atoms with Gasteiger partial charge >= 0.3 is 0 Å². The Labute approximate surface area is 118 Å². The van der Waals surface area contributed by atoms with Crippen molar-refractivity contribution in [3.8, 4) is 0 Å². The van der Waals surface area contributed by atoms with Crippen LogP contribution >= 0.6 is 11.6 Å². The number of halogens is 1. The van der Waals surface area contributed by atoms with Gasteiger partial charge in [-0.2, -0.15) is 0 Å². The van der Waals surface area contributed by atoms with Crippen LogP contribution in [0.1, 0.15) is 31.2 Å². The zero-order valence-electron chi connectivity index (χ0n) is 11.0. The Bertz CT molecular complexity index is 598. The molecule has 2 aromatic rings. The minimum atomic E-state index is 0.780. The Hall–Kier alpha value is -1.25. The molecule has 1 aromatic heterocycles. The van der Waals surface area contributed by atoms with Gasteiger partial charge in [0.2, 0.25) is 0 Å². The van der Waals surface area contributed by atoms with Gasteiger partial charge in [-0.3, -0.25) is 0 Å². The lowest BCUT2D eigenvalue weighted by Crippen LogP contribution is -2.14. The molecule has 1 aromatic carbocycles. The van der Waals surface area contributed by atoms with Crippen LogP contribution in [0.15, 0.2) is 36.0 Å². The summed E-state index contributed by atoms with van der Waals surface area (Å²) in [5.41, 5.74) is 4.05. The normalized spacial score (nSPS) is 15.1. The van der Waals surface area contributed by atoms with Gasteiger partial charge in [0.1, 0.15) is 0 Å². The fourth-order valence-corrected chi connectivity index (χ4v) is 2.91. The second-order valence-electron chi connectivity index (χ2n) is 5.19. The van der Waals surface area contributed by atoms with E-state index >= 15 is 0 Å². The number of benzene rings is 1. The van der Waals surface area contributed by atoms with Gasteiger partial charge in [0.25, 0.3) is 0 Å². The van der Waals surface area contributed by atoms with Crippen LogP contribution in [-0.2, 0) is 6.54 Å². The van der Waals surface area contributed by atoms with E-state index in [1.54, 1.807) is 5.57 Å². The van der Waals surface area contributed by atoms with E-state index in [9.17, 15) is 0 Å². The van der Waals surface area contributed by atoms with Gasteiger partial charge in [0.15, 0.2) is 0 Å². The van der Waals surface area contributed by atoms with Crippen molar-refractivity contribution in [3.05, 3.63) is 46.6 Å². The predicted octanol–water partition coefficient (Wildman–Crippen LogP) is 4.41. The van der Waals surface area contributed by atoms with Gasteiger partial charge in [-0.15, -0.1) is 0 Å².